The van der Waals surface area contributed by atoms with Crippen LogP contribution < -0.4 is 11.5 Å². The van der Waals surface area contributed by atoms with E-state index in [9.17, 15) is 4.79 Å². The number of carbonyl (C=O) groups is 1. The Balaban J connectivity index is 1.81. The van der Waals surface area contributed by atoms with Crippen molar-refractivity contribution in [3.63, 3.8) is 0 Å². The van der Waals surface area contributed by atoms with Gasteiger partial charge in [-0.25, -0.2) is 0 Å². The predicted octanol–water partition coefficient (Wildman–Crippen LogP) is 2.12. The fraction of sp³-hybridized carbons (Fsp3) is 0. The highest BCUT2D eigenvalue weighted by Gasteiger charge is 2.13. The molecule has 2 aromatic carbocycles. The zero-order valence-corrected chi connectivity index (χ0v) is 12.3. The first-order chi connectivity index (χ1) is 11.1. The molecule has 0 bridgehead atoms. The first kappa shape index (κ1) is 14.5. The minimum Gasteiger partial charge on any atom is -0.380 e. The van der Waals surface area contributed by atoms with Crippen LogP contribution in [0.2, 0.25) is 0 Å². The number of carbonyl (C=O) groups excluding carboxylic acids is 1. The molecule has 1 heterocycles. The van der Waals surface area contributed by atoms with Crippen LogP contribution in [0.3, 0.4) is 0 Å². The average molecular weight is 305 g/mol. The van der Waals surface area contributed by atoms with Crippen LogP contribution in [0.25, 0.3) is 17.8 Å². The molecule has 114 valence electrons. The van der Waals surface area contributed by atoms with Crippen LogP contribution in [-0.2, 0) is 0 Å². The molecule has 0 saturated heterocycles. The molecule has 3 aromatic rings. The summed E-state index contributed by atoms with van der Waals surface area (Å²) in [6, 6.07) is 17.6. The van der Waals surface area contributed by atoms with Crippen molar-refractivity contribution < 1.29 is 4.79 Å². The zero-order chi connectivity index (χ0) is 16.2. The molecule has 1 aromatic heterocycles. The van der Waals surface area contributed by atoms with Crippen LogP contribution in [-0.4, -0.2) is 20.9 Å². The number of primary amides is 1. The van der Waals surface area contributed by atoms with Gasteiger partial charge in [0, 0.05) is 0 Å². The number of aromatic nitrogens is 3. The first-order valence-corrected chi connectivity index (χ1v) is 7.00. The van der Waals surface area contributed by atoms with Gasteiger partial charge in [-0.15, -0.1) is 15.0 Å². The predicted molar refractivity (Wildman–Crippen MR) is 89.7 cm³/mol. The number of benzene rings is 2. The van der Waals surface area contributed by atoms with Gasteiger partial charge in [0.15, 0.2) is 11.5 Å². The number of nitrogens with two attached hydrogens (primary N) is 2. The molecule has 0 fully saturated rings. The summed E-state index contributed by atoms with van der Waals surface area (Å²) in [4.78, 5) is 12.4. The fourth-order valence-corrected chi connectivity index (χ4v) is 2.08. The van der Waals surface area contributed by atoms with E-state index >= 15 is 0 Å². The quantitative estimate of drug-likeness (QED) is 0.721. The summed E-state index contributed by atoms with van der Waals surface area (Å²) in [5.74, 6) is -0.679. The minimum absolute atomic E-state index is 0.0190. The number of nitrogen functional groups attached to an aromatic ring is 1. The molecule has 0 radical (unpaired) electrons. The highest BCUT2D eigenvalue weighted by Crippen LogP contribution is 2.13. The molecule has 3 rings (SSSR count). The van der Waals surface area contributed by atoms with Gasteiger partial charge in [-0.05, 0) is 23.3 Å². The van der Waals surface area contributed by atoms with E-state index < -0.39 is 5.91 Å². The molecule has 0 atom stereocenters. The molecule has 1 amide bonds. The summed E-state index contributed by atoms with van der Waals surface area (Å²) in [6.07, 6.45) is 4.04. The van der Waals surface area contributed by atoms with Crippen LogP contribution in [0.15, 0.2) is 54.6 Å². The van der Waals surface area contributed by atoms with Gasteiger partial charge in [0.05, 0.1) is 5.69 Å². The van der Waals surface area contributed by atoms with Crippen molar-refractivity contribution in [1.82, 2.24) is 15.0 Å². The molecule has 0 saturated carbocycles. The van der Waals surface area contributed by atoms with Gasteiger partial charge in [0.2, 0.25) is 0 Å². The second-order valence-electron chi connectivity index (χ2n) is 4.92. The molecule has 0 unspecified atom stereocenters. The third-order valence-electron chi connectivity index (χ3n) is 3.27. The Kier molecular flexibility index (Phi) is 3.88. The average Bonchev–Trinajstić information content (AvgIpc) is 2.96. The third-order valence-corrected chi connectivity index (χ3v) is 3.27. The molecule has 0 spiro atoms. The van der Waals surface area contributed by atoms with Crippen molar-refractivity contribution in [2.75, 3.05) is 5.73 Å². The Labute approximate surface area is 133 Å². The number of hydrogen-bond acceptors (Lipinski definition) is 4. The largest absolute Gasteiger partial charge is 0.380 e. The second kappa shape index (κ2) is 6.15. The lowest BCUT2D eigenvalue weighted by molar-refractivity contribution is 0.0996. The van der Waals surface area contributed by atoms with Crippen LogP contribution in [0.4, 0.5) is 5.82 Å². The third kappa shape index (κ3) is 3.26. The van der Waals surface area contributed by atoms with E-state index in [-0.39, 0.29) is 11.5 Å². The van der Waals surface area contributed by atoms with E-state index in [1.165, 1.54) is 4.80 Å². The molecular formula is C17H15N5O. The van der Waals surface area contributed by atoms with E-state index in [0.29, 0.717) is 5.69 Å². The van der Waals surface area contributed by atoms with Gasteiger partial charge in [-0.2, -0.15) is 0 Å². The number of nitrogens with zero attached hydrogens (tertiary/aromatic N) is 3. The monoisotopic (exact) mass is 305 g/mol. The van der Waals surface area contributed by atoms with Crippen LogP contribution in [0.1, 0.15) is 21.6 Å². The molecule has 0 aliphatic carbocycles. The molecule has 6 nitrogen and oxygen atoms in total. The van der Waals surface area contributed by atoms with Crippen LogP contribution >= 0.6 is 0 Å². The van der Waals surface area contributed by atoms with Crippen molar-refractivity contribution in [2.24, 2.45) is 5.73 Å². The van der Waals surface area contributed by atoms with Crippen molar-refractivity contribution in [1.29, 1.82) is 0 Å². The van der Waals surface area contributed by atoms with Crippen molar-refractivity contribution >= 4 is 23.9 Å². The maximum Gasteiger partial charge on any atom is 0.273 e. The fourth-order valence-electron chi connectivity index (χ4n) is 2.08. The van der Waals surface area contributed by atoms with E-state index in [2.05, 4.69) is 10.2 Å². The maximum absolute atomic E-state index is 11.2. The second-order valence-corrected chi connectivity index (χ2v) is 4.92. The summed E-state index contributed by atoms with van der Waals surface area (Å²) in [6.45, 7) is 0. The molecule has 0 aliphatic rings. The highest BCUT2D eigenvalue weighted by atomic mass is 16.1. The molecule has 23 heavy (non-hydrogen) atoms. The Hall–Kier alpha value is -3.41. The van der Waals surface area contributed by atoms with E-state index in [1.54, 1.807) is 0 Å². The maximum atomic E-state index is 11.2. The Morgan fingerprint density at radius 3 is 2.09 bits per heavy atom. The summed E-state index contributed by atoms with van der Waals surface area (Å²) in [5, 5.41) is 7.98. The standard InChI is InChI=1S/C17H15N5O/c18-16-15(17(19)23)20-22(21-16)14-10-8-13(9-11-14)7-6-12-4-2-1-3-5-12/h1-11H,(H2,18,21)(H2,19,23). The van der Waals surface area contributed by atoms with Gasteiger partial charge in [0.25, 0.3) is 5.91 Å². The zero-order valence-electron chi connectivity index (χ0n) is 12.3. The van der Waals surface area contributed by atoms with Crippen LogP contribution in [0, 0.1) is 0 Å². The minimum atomic E-state index is -0.698. The van der Waals surface area contributed by atoms with Gasteiger partial charge in [-0.3, -0.25) is 4.79 Å². The number of anilines is 1. The summed E-state index contributed by atoms with van der Waals surface area (Å²) in [5.41, 5.74) is 13.6. The van der Waals surface area contributed by atoms with E-state index in [4.69, 9.17) is 11.5 Å². The van der Waals surface area contributed by atoms with Gasteiger partial charge in [-0.1, -0.05) is 54.6 Å². The SMILES string of the molecule is NC(=O)c1nn(-c2ccc(C=Cc3ccccc3)cc2)nc1N. The lowest BCUT2D eigenvalue weighted by atomic mass is 10.1. The van der Waals surface area contributed by atoms with Crippen LogP contribution in [0.5, 0.6) is 0 Å². The van der Waals surface area contributed by atoms with E-state index in [1.807, 2.05) is 66.7 Å². The van der Waals surface area contributed by atoms with Crippen molar-refractivity contribution in [2.45, 2.75) is 0 Å². The number of hydrogen-bond donors (Lipinski definition) is 2. The normalized spacial score (nSPS) is 11.0. The van der Waals surface area contributed by atoms with Gasteiger partial charge in [0.1, 0.15) is 0 Å². The number of rotatable bonds is 4. The summed E-state index contributed by atoms with van der Waals surface area (Å²) in [7, 11) is 0. The molecular weight excluding hydrogens is 290 g/mol. The Bertz CT molecular complexity index is 850. The molecule has 0 aliphatic heterocycles. The summed E-state index contributed by atoms with van der Waals surface area (Å²) >= 11 is 0. The Morgan fingerprint density at radius 1 is 0.913 bits per heavy atom. The van der Waals surface area contributed by atoms with Crippen molar-refractivity contribution in [3.05, 3.63) is 71.4 Å². The van der Waals surface area contributed by atoms with Crippen molar-refractivity contribution in [3.8, 4) is 5.69 Å². The smallest absolute Gasteiger partial charge is 0.273 e. The van der Waals surface area contributed by atoms with E-state index in [0.717, 1.165) is 11.1 Å². The summed E-state index contributed by atoms with van der Waals surface area (Å²) < 4.78 is 0. The lowest BCUT2D eigenvalue weighted by Gasteiger charge is -2.00. The van der Waals surface area contributed by atoms with Gasteiger partial charge >= 0.3 is 0 Å². The van der Waals surface area contributed by atoms with Gasteiger partial charge < -0.3 is 11.5 Å². The molecule has 6 heteroatoms. The first-order valence-electron chi connectivity index (χ1n) is 7.00. The molecule has 4 N–H and O–H groups in total. The Morgan fingerprint density at radius 2 is 1.52 bits per heavy atom. The highest BCUT2D eigenvalue weighted by molar-refractivity contribution is 5.94. The number of amides is 1. The topological polar surface area (TPSA) is 99.8 Å². The lowest BCUT2D eigenvalue weighted by Crippen LogP contribution is -2.14.